The lowest BCUT2D eigenvalue weighted by Crippen LogP contribution is -2.53. The van der Waals surface area contributed by atoms with Crippen LogP contribution in [0.3, 0.4) is 0 Å². The molecule has 0 radical (unpaired) electrons. The Morgan fingerprint density at radius 2 is 1.75 bits per heavy atom. The predicted molar refractivity (Wildman–Crippen MR) is 63.8 cm³/mol. The predicted octanol–water partition coefficient (Wildman–Crippen LogP) is 0.143. The number of amides is 2. The summed E-state index contributed by atoms with van der Waals surface area (Å²) in [5, 5.41) is 5.36. The molecule has 0 fully saturated rings. The first kappa shape index (κ1) is 14.9. The molecule has 0 spiro atoms. The molecule has 0 rings (SSSR count). The number of hydrogen-bond acceptors (Lipinski definition) is 3. The molecule has 0 aromatic carbocycles. The zero-order valence-electron chi connectivity index (χ0n) is 10.8. The third kappa shape index (κ3) is 5.70. The summed E-state index contributed by atoms with van der Waals surface area (Å²) < 4.78 is 0. The minimum Gasteiger partial charge on any atom is -0.350 e. The quantitative estimate of drug-likeness (QED) is 0.641. The van der Waals surface area contributed by atoms with E-state index in [2.05, 4.69) is 10.6 Å². The van der Waals surface area contributed by atoms with Crippen LogP contribution < -0.4 is 16.4 Å². The summed E-state index contributed by atoms with van der Waals surface area (Å²) in [6.07, 6.45) is 0.555. The first-order valence-corrected chi connectivity index (χ1v) is 5.55. The third-order valence-corrected chi connectivity index (χ3v) is 2.03. The van der Waals surface area contributed by atoms with E-state index in [9.17, 15) is 9.59 Å². The van der Waals surface area contributed by atoms with Crippen molar-refractivity contribution in [2.75, 3.05) is 0 Å². The molecular weight excluding hydrogens is 206 g/mol. The Morgan fingerprint density at radius 1 is 1.25 bits per heavy atom. The molecule has 94 valence electrons. The van der Waals surface area contributed by atoms with Crippen molar-refractivity contribution in [3.63, 3.8) is 0 Å². The SMILES string of the molecule is CCC(N)C(=O)NC(C)C(=O)NC(C)(C)C. The molecule has 4 N–H and O–H groups in total. The molecule has 5 nitrogen and oxygen atoms in total. The van der Waals surface area contributed by atoms with E-state index in [1.54, 1.807) is 6.92 Å². The third-order valence-electron chi connectivity index (χ3n) is 2.03. The van der Waals surface area contributed by atoms with Crippen molar-refractivity contribution in [3.05, 3.63) is 0 Å². The van der Waals surface area contributed by atoms with E-state index in [1.807, 2.05) is 27.7 Å². The summed E-state index contributed by atoms with van der Waals surface area (Å²) in [5.41, 5.74) is 5.25. The molecule has 0 saturated carbocycles. The van der Waals surface area contributed by atoms with Crippen molar-refractivity contribution in [2.45, 2.75) is 58.7 Å². The summed E-state index contributed by atoms with van der Waals surface area (Å²) in [7, 11) is 0. The number of nitrogens with one attached hydrogen (secondary N) is 2. The van der Waals surface area contributed by atoms with Gasteiger partial charge in [-0.05, 0) is 34.1 Å². The van der Waals surface area contributed by atoms with Gasteiger partial charge in [0.2, 0.25) is 11.8 Å². The summed E-state index contributed by atoms with van der Waals surface area (Å²) in [4.78, 5) is 23.1. The van der Waals surface area contributed by atoms with Gasteiger partial charge in [0.15, 0.2) is 0 Å². The van der Waals surface area contributed by atoms with Crippen LogP contribution in [0.25, 0.3) is 0 Å². The Bertz CT molecular complexity index is 258. The van der Waals surface area contributed by atoms with Gasteiger partial charge in [0, 0.05) is 5.54 Å². The highest BCUT2D eigenvalue weighted by Gasteiger charge is 2.22. The van der Waals surface area contributed by atoms with Gasteiger partial charge in [0.05, 0.1) is 6.04 Å². The van der Waals surface area contributed by atoms with Crippen LogP contribution in [0.15, 0.2) is 0 Å². The monoisotopic (exact) mass is 229 g/mol. The van der Waals surface area contributed by atoms with Crippen molar-refractivity contribution in [1.29, 1.82) is 0 Å². The molecule has 0 aromatic heterocycles. The molecule has 0 heterocycles. The number of rotatable bonds is 4. The molecule has 0 aliphatic heterocycles. The van der Waals surface area contributed by atoms with Crippen molar-refractivity contribution >= 4 is 11.8 Å². The fourth-order valence-corrected chi connectivity index (χ4v) is 1.05. The highest BCUT2D eigenvalue weighted by atomic mass is 16.2. The molecule has 0 bridgehead atoms. The zero-order chi connectivity index (χ0) is 12.9. The molecule has 2 amide bonds. The molecule has 2 unspecified atom stereocenters. The smallest absolute Gasteiger partial charge is 0.242 e. The van der Waals surface area contributed by atoms with Crippen molar-refractivity contribution in [2.24, 2.45) is 5.73 Å². The second-order valence-electron chi connectivity index (χ2n) is 4.98. The fraction of sp³-hybridized carbons (Fsp3) is 0.818. The van der Waals surface area contributed by atoms with E-state index in [0.717, 1.165) is 0 Å². The van der Waals surface area contributed by atoms with Crippen LogP contribution in [-0.2, 0) is 9.59 Å². The van der Waals surface area contributed by atoms with Crippen LogP contribution in [0.1, 0.15) is 41.0 Å². The maximum Gasteiger partial charge on any atom is 0.242 e. The summed E-state index contributed by atoms with van der Waals surface area (Å²) >= 11 is 0. The lowest BCUT2D eigenvalue weighted by molar-refractivity contribution is -0.130. The van der Waals surface area contributed by atoms with Gasteiger partial charge in [-0.2, -0.15) is 0 Å². The van der Waals surface area contributed by atoms with Gasteiger partial charge in [-0.3, -0.25) is 9.59 Å². The highest BCUT2D eigenvalue weighted by Crippen LogP contribution is 1.99. The minimum atomic E-state index is -0.565. The van der Waals surface area contributed by atoms with Gasteiger partial charge >= 0.3 is 0 Å². The largest absolute Gasteiger partial charge is 0.350 e. The number of nitrogens with two attached hydrogens (primary N) is 1. The first-order valence-electron chi connectivity index (χ1n) is 5.55. The molecule has 0 aliphatic carbocycles. The van der Waals surface area contributed by atoms with Gasteiger partial charge in [-0.25, -0.2) is 0 Å². The maximum atomic E-state index is 11.6. The summed E-state index contributed by atoms with van der Waals surface area (Å²) in [6, 6.07) is -1.12. The normalized spacial score (nSPS) is 15.1. The van der Waals surface area contributed by atoms with Gasteiger partial charge < -0.3 is 16.4 Å². The Kier molecular flexibility index (Phi) is 5.44. The van der Waals surface area contributed by atoms with Crippen molar-refractivity contribution in [1.82, 2.24) is 10.6 Å². The standard InChI is InChI=1S/C11H23N3O2/c1-6-8(12)10(16)13-7(2)9(15)14-11(3,4)5/h7-8H,6,12H2,1-5H3,(H,13,16)(H,14,15). The van der Waals surface area contributed by atoms with Gasteiger partial charge in [-0.1, -0.05) is 6.92 Å². The molecule has 2 atom stereocenters. The van der Waals surface area contributed by atoms with Crippen LogP contribution in [0.4, 0.5) is 0 Å². The Labute approximate surface area is 97.2 Å². The van der Waals surface area contributed by atoms with Crippen LogP contribution >= 0.6 is 0 Å². The number of carbonyl (C=O) groups excluding carboxylic acids is 2. The molecule has 0 saturated heterocycles. The van der Waals surface area contributed by atoms with E-state index in [-0.39, 0.29) is 17.4 Å². The van der Waals surface area contributed by atoms with E-state index in [4.69, 9.17) is 5.73 Å². The summed E-state index contributed by atoms with van der Waals surface area (Å²) in [6.45, 7) is 9.12. The average Bonchev–Trinajstić information content (AvgIpc) is 2.13. The molecule has 0 aromatic rings. The molecule has 5 heteroatoms. The van der Waals surface area contributed by atoms with Gasteiger partial charge in [0.1, 0.15) is 6.04 Å². The van der Waals surface area contributed by atoms with E-state index in [0.29, 0.717) is 6.42 Å². The molecule has 16 heavy (non-hydrogen) atoms. The van der Waals surface area contributed by atoms with Crippen LogP contribution in [0.5, 0.6) is 0 Å². The average molecular weight is 229 g/mol. The van der Waals surface area contributed by atoms with Gasteiger partial charge in [-0.15, -0.1) is 0 Å². The van der Waals surface area contributed by atoms with Crippen molar-refractivity contribution in [3.8, 4) is 0 Å². The van der Waals surface area contributed by atoms with E-state index in [1.165, 1.54) is 0 Å². The van der Waals surface area contributed by atoms with Crippen LogP contribution in [0, 0.1) is 0 Å². The second-order valence-corrected chi connectivity index (χ2v) is 4.98. The Balaban J connectivity index is 4.21. The number of carbonyl (C=O) groups is 2. The summed E-state index contributed by atoms with van der Waals surface area (Å²) in [5.74, 6) is -0.497. The van der Waals surface area contributed by atoms with Crippen LogP contribution in [-0.4, -0.2) is 29.4 Å². The topological polar surface area (TPSA) is 84.2 Å². The zero-order valence-corrected chi connectivity index (χ0v) is 10.8. The Hall–Kier alpha value is -1.10. The van der Waals surface area contributed by atoms with E-state index < -0.39 is 12.1 Å². The molecular formula is C11H23N3O2. The lowest BCUT2D eigenvalue weighted by atomic mass is 10.1. The first-order chi connectivity index (χ1) is 7.17. The lowest BCUT2D eigenvalue weighted by Gasteiger charge is -2.24. The minimum absolute atomic E-state index is 0.204. The second kappa shape index (κ2) is 5.84. The fourth-order valence-electron chi connectivity index (χ4n) is 1.05. The van der Waals surface area contributed by atoms with Gasteiger partial charge in [0.25, 0.3) is 0 Å². The Morgan fingerprint density at radius 3 is 2.12 bits per heavy atom. The van der Waals surface area contributed by atoms with E-state index >= 15 is 0 Å². The maximum absolute atomic E-state index is 11.6. The number of hydrogen-bond donors (Lipinski definition) is 3. The highest BCUT2D eigenvalue weighted by molar-refractivity contribution is 5.89. The van der Waals surface area contributed by atoms with Crippen LogP contribution in [0.2, 0.25) is 0 Å². The molecule has 0 aliphatic rings. The van der Waals surface area contributed by atoms with Crippen molar-refractivity contribution < 1.29 is 9.59 Å².